The molecule has 0 amide bonds. The van der Waals surface area contributed by atoms with Gasteiger partial charge < -0.3 is 0 Å². The van der Waals surface area contributed by atoms with Gasteiger partial charge in [-0.15, -0.1) is 0 Å². The van der Waals surface area contributed by atoms with E-state index in [1.165, 1.54) is 0 Å². The van der Waals surface area contributed by atoms with E-state index in [2.05, 4.69) is 13.8 Å². The van der Waals surface area contributed by atoms with Crippen LogP contribution in [0.2, 0.25) is 0 Å². The number of halogens is 1. The maximum Gasteiger partial charge on any atom is 0.288 e. The van der Waals surface area contributed by atoms with Crippen molar-refractivity contribution in [3.05, 3.63) is 0 Å². The van der Waals surface area contributed by atoms with Gasteiger partial charge in [-0.1, -0.05) is 27.7 Å². The number of carbonyl (C=O) groups is 2. The summed E-state index contributed by atoms with van der Waals surface area (Å²) < 4.78 is 0. The van der Waals surface area contributed by atoms with Crippen molar-refractivity contribution in [3.8, 4) is 0 Å². The molecule has 3 heteroatoms. The van der Waals surface area contributed by atoms with Crippen LogP contribution in [0.3, 0.4) is 0 Å². The van der Waals surface area contributed by atoms with Crippen LogP contribution in [0.1, 0.15) is 40.5 Å². The quantitative estimate of drug-likeness (QED) is 0.510. The Balaban J connectivity index is 4.16. The molecule has 0 aliphatic heterocycles. The number of Topliss-reactive ketones (excluding diaryl/α,β-unsaturated/α-hetero) is 1. The maximum atomic E-state index is 11.1. The second-order valence-corrected chi connectivity index (χ2v) is 4.98. The Morgan fingerprint density at radius 1 is 1.31 bits per heavy atom. The maximum absolute atomic E-state index is 11.1. The highest BCUT2D eigenvalue weighted by Crippen LogP contribution is 2.29. The first-order chi connectivity index (χ1) is 5.74. The molecule has 0 aromatic carbocycles. The summed E-state index contributed by atoms with van der Waals surface area (Å²) in [7, 11) is 0. The van der Waals surface area contributed by atoms with Crippen molar-refractivity contribution in [2.24, 2.45) is 11.3 Å². The molecular weight excluding hydrogens is 188 g/mol. The third-order valence-corrected chi connectivity index (χ3v) is 2.03. The molecule has 0 fully saturated rings. The Labute approximate surface area is 84.7 Å². The monoisotopic (exact) mass is 204 g/mol. The summed E-state index contributed by atoms with van der Waals surface area (Å²) >= 11 is 5.08. The summed E-state index contributed by atoms with van der Waals surface area (Å²) in [6.07, 6.45) is 1.16. The molecule has 2 nitrogen and oxygen atoms in total. The molecular formula is C10H17ClO2. The van der Waals surface area contributed by atoms with E-state index >= 15 is 0 Å². The minimum Gasteiger partial charge on any atom is -0.289 e. The molecule has 0 aromatic heterocycles. The predicted octanol–water partition coefficient (Wildman–Crippen LogP) is 2.78. The van der Waals surface area contributed by atoms with E-state index in [9.17, 15) is 9.59 Å². The van der Waals surface area contributed by atoms with Crippen molar-refractivity contribution in [2.45, 2.75) is 40.5 Å². The molecule has 13 heavy (non-hydrogen) atoms. The molecule has 0 aliphatic rings. The smallest absolute Gasteiger partial charge is 0.288 e. The Morgan fingerprint density at radius 3 is 2.08 bits per heavy atom. The standard InChI is InChI=1S/C10H17ClO2/c1-7(2)5-10(3,4)6-8(12)9(11)13/h7H,5-6H2,1-4H3. The number of hydrogen-bond donors (Lipinski definition) is 0. The van der Waals surface area contributed by atoms with Crippen LogP contribution in [-0.2, 0) is 9.59 Å². The minimum atomic E-state index is -0.850. The summed E-state index contributed by atoms with van der Waals surface area (Å²) in [5.41, 5.74) is -0.129. The molecule has 0 rings (SSSR count). The van der Waals surface area contributed by atoms with Gasteiger partial charge in [0, 0.05) is 6.42 Å². The zero-order valence-corrected chi connectivity index (χ0v) is 9.44. The SMILES string of the molecule is CC(C)CC(C)(C)CC(=O)C(=O)Cl. The van der Waals surface area contributed by atoms with Crippen molar-refractivity contribution >= 4 is 22.6 Å². The van der Waals surface area contributed by atoms with Gasteiger partial charge in [0.05, 0.1) is 0 Å². The largest absolute Gasteiger partial charge is 0.289 e. The van der Waals surface area contributed by atoms with Gasteiger partial charge >= 0.3 is 0 Å². The second-order valence-electron chi connectivity index (χ2n) is 4.64. The number of ketones is 1. The van der Waals surface area contributed by atoms with Gasteiger partial charge in [0.2, 0.25) is 5.78 Å². The Bertz CT molecular complexity index is 207. The van der Waals surface area contributed by atoms with E-state index in [-0.39, 0.29) is 11.8 Å². The third kappa shape index (κ3) is 5.81. The summed E-state index contributed by atoms with van der Waals surface area (Å²) in [6.45, 7) is 8.14. The Morgan fingerprint density at radius 2 is 1.77 bits per heavy atom. The number of hydrogen-bond acceptors (Lipinski definition) is 2. The third-order valence-electron chi connectivity index (χ3n) is 1.82. The molecule has 0 radical (unpaired) electrons. The summed E-state index contributed by atoms with van der Waals surface area (Å²) in [5.74, 6) is 0.0422. The Hall–Kier alpha value is -0.370. The van der Waals surface area contributed by atoms with Crippen molar-refractivity contribution in [1.82, 2.24) is 0 Å². The van der Waals surface area contributed by atoms with E-state index < -0.39 is 11.0 Å². The molecule has 76 valence electrons. The molecule has 0 bridgehead atoms. The lowest BCUT2D eigenvalue weighted by molar-refractivity contribution is -0.133. The van der Waals surface area contributed by atoms with Crippen LogP contribution in [0.15, 0.2) is 0 Å². The van der Waals surface area contributed by atoms with Crippen LogP contribution in [0.5, 0.6) is 0 Å². The molecule has 0 unspecified atom stereocenters. The summed E-state index contributed by atoms with van der Waals surface area (Å²) in [5, 5.41) is -0.850. The number of carbonyl (C=O) groups excluding carboxylic acids is 2. The van der Waals surface area contributed by atoms with Gasteiger partial charge in [-0.25, -0.2) is 0 Å². The summed E-state index contributed by atoms with van der Waals surface area (Å²) in [4.78, 5) is 21.6. The van der Waals surface area contributed by atoms with Gasteiger partial charge in [0.25, 0.3) is 5.24 Å². The summed E-state index contributed by atoms with van der Waals surface area (Å²) in [6, 6.07) is 0. The topological polar surface area (TPSA) is 34.1 Å². The lowest BCUT2D eigenvalue weighted by atomic mass is 9.80. The minimum absolute atomic E-state index is 0.129. The van der Waals surface area contributed by atoms with E-state index in [4.69, 9.17) is 11.6 Å². The first-order valence-corrected chi connectivity index (χ1v) is 4.85. The first kappa shape index (κ1) is 12.6. The van der Waals surface area contributed by atoms with E-state index in [1.807, 2.05) is 13.8 Å². The normalized spacial score (nSPS) is 11.8. The Kier molecular flexibility index (Phi) is 4.62. The van der Waals surface area contributed by atoms with Crippen LogP contribution in [-0.4, -0.2) is 11.0 Å². The average molecular weight is 205 g/mol. The lowest BCUT2D eigenvalue weighted by Gasteiger charge is -2.24. The van der Waals surface area contributed by atoms with E-state index in [0.717, 1.165) is 6.42 Å². The fourth-order valence-corrected chi connectivity index (χ4v) is 1.75. The van der Waals surface area contributed by atoms with Gasteiger partial charge in [0.1, 0.15) is 0 Å². The molecule has 0 saturated heterocycles. The van der Waals surface area contributed by atoms with Crippen molar-refractivity contribution in [2.75, 3.05) is 0 Å². The van der Waals surface area contributed by atoms with Crippen LogP contribution in [0, 0.1) is 11.3 Å². The van der Waals surface area contributed by atoms with E-state index in [0.29, 0.717) is 5.92 Å². The average Bonchev–Trinajstić information content (AvgIpc) is 1.81. The highest BCUT2D eigenvalue weighted by molar-refractivity contribution is 6.81. The molecule has 0 aliphatic carbocycles. The highest BCUT2D eigenvalue weighted by atomic mass is 35.5. The van der Waals surface area contributed by atoms with Gasteiger partial charge in [-0.2, -0.15) is 0 Å². The van der Waals surface area contributed by atoms with Gasteiger partial charge in [-0.3, -0.25) is 9.59 Å². The lowest BCUT2D eigenvalue weighted by Crippen LogP contribution is -2.22. The fourth-order valence-electron chi connectivity index (χ4n) is 1.68. The number of rotatable bonds is 5. The predicted molar refractivity (Wildman–Crippen MR) is 53.7 cm³/mol. The molecule has 0 aromatic rings. The van der Waals surface area contributed by atoms with Crippen molar-refractivity contribution < 1.29 is 9.59 Å². The highest BCUT2D eigenvalue weighted by Gasteiger charge is 2.25. The fraction of sp³-hybridized carbons (Fsp3) is 0.800. The second kappa shape index (κ2) is 4.75. The van der Waals surface area contributed by atoms with Crippen LogP contribution >= 0.6 is 11.6 Å². The van der Waals surface area contributed by atoms with Crippen LogP contribution in [0.25, 0.3) is 0 Å². The molecule has 0 N–H and O–H groups in total. The molecule has 0 saturated carbocycles. The van der Waals surface area contributed by atoms with Crippen LogP contribution in [0.4, 0.5) is 0 Å². The zero-order valence-electron chi connectivity index (χ0n) is 8.69. The molecule has 0 spiro atoms. The van der Waals surface area contributed by atoms with Crippen molar-refractivity contribution in [1.29, 1.82) is 0 Å². The molecule has 0 heterocycles. The molecule has 0 atom stereocenters. The van der Waals surface area contributed by atoms with Crippen molar-refractivity contribution in [3.63, 3.8) is 0 Å². The van der Waals surface area contributed by atoms with Crippen LogP contribution < -0.4 is 0 Å². The van der Waals surface area contributed by atoms with E-state index in [1.54, 1.807) is 0 Å². The van der Waals surface area contributed by atoms with Gasteiger partial charge in [0.15, 0.2) is 0 Å². The first-order valence-electron chi connectivity index (χ1n) is 4.47. The van der Waals surface area contributed by atoms with Gasteiger partial charge in [-0.05, 0) is 29.4 Å². The zero-order chi connectivity index (χ0) is 10.6.